The standard InChI is InChI=1S/C20H25NO4/c1-11(22)25-17-7-6-16-18-14(8-9-20(16,17)2)13-5-4-12(24-3)10-15(13)19(23)21-18/h4-5,10,14,16-18H,6-9H2,1-3H3,(H,21,23)/t14-,16+,17+,18-,20+/m1/s1. The van der Waals surface area contributed by atoms with Gasteiger partial charge in [0.15, 0.2) is 0 Å². The van der Waals surface area contributed by atoms with Gasteiger partial charge in [0.05, 0.1) is 7.11 Å². The molecule has 5 atom stereocenters. The third kappa shape index (κ3) is 2.43. The van der Waals surface area contributed by atoms with Crippen molar-refractivity contribution in [3.8, 4) is 5.75 Å². The summed E-state index contributed by atoms with van der Waals surface area (Å²) in [4.78, 5) is 24.2. The lowest BCUT2D eigenvalue weighted by Gasteiger charge is -2.50. The Morgan fingerprint density at radius 1 is 1.28 bits per heavy atom. The van der Waals surface area contributed by atoms with Gasteiger partial charge >= 0.3 is 5.97 Å². The maximum atomic E-state index is 12.7. The van der Waals surface area contributed by atoms with Crippen molar-refractivity contribution in [2.75, 3.05) is 7.11 Å². The molecule has 0 radical (unpaired) electrons. The number of methoxy groups -OCH3 is 1. The number of esters is 1. The van der Waals surface area contributed by atoms with Crippen LogP contribution in [0.4, 0.5) is 0 Å². The molecule has 0 aromatic heterocycles. The monoisotopic (exact) mass is 343 g/mol. The zero-order valence-corrected chi connectivity index (χ0v) is 15.0. The van der Waals surface area contributed by atoms with E-state index < -0.39 is 0 Å². The fourth-order valence-corrected chi connectivity index (χ4v) is 5.45. The van der Waals surface area contributed by atoms with E-state index in [9.17, 15) is 9.59 Å². The van der Waals surface area contributed by atoms with E-state index in [-0.39, 0.29) is 29.4 Å². The molecule has 134 valence electrons. The number of fused-ring (bicyclic) bond motifs is 5. The van der Waals surface area contributed by atoms with Crippen LogP contribution in [-0.2, 0) is 9.53 Å². The molecule has 1 heterocycles. The molecule has 0 spiro atoms. The summed E-state index contributed by atoms with van der Waals surface area (Å²) in [7, 11) is 1.62. The van der Waals surface area contributed by atoms with Crippen LogP contribution in [0.2, 0.25) is 0 Å². The molecule has 1 aliphatic heterocycles. The maximum absolute atomic E-state index is 12.7. The smallest absolute Gasteiger partial charge is 0.302 e. The molecule has 0 bridgehead atoms. The number of carbonyl (C=O) groups is 2. The van der Waals surface area contributed by atoms with Crippen molar-refractivity contribution >= 4 is 11.9 Å². The van der Waals surface area contributed by atoms with Gasteiger partial charge in [0.1, 0.15) is 11.9 Å². The summed E-state index contributed by atoms with van der Waals surface area (Å²) in [6.07, 6.45) is 3.84. The number of amides is 1. The van der Waals surface area contributed by atoms with Gasteiger partial charge in [0.25, 0.3) is 5.91 Å². The molecular weight excluding hydrogens is 318 g/mol. The summed E-state index contributed by atoms with van der Waals surface area (Å²) >= 11 is 0. The Bertz CT molecular complexity index is 730. The quantitative estimate of drug-likeness (QED) is 0.839. The van der Waals surface area contributed by atoms with Gasteiger partial charge in [-0.15, -0.1) is 0 Å². The summed E-state index contributed by atoms with van der Waals surface area (Å²) < 4.78 is 10.9. The summed E-state index contributed by atoms with van der Waals surface area (Å²) in [5.74, 6) is 1.15. The van der Waals surface area contributed by atoms with E-state index in [2.05, 4.69) is 12.2 Å². The number of carbonyl (C=O) groups excluding carboxylic acids is 2. The molecular formula is C20H25NO4. The third-order valence-electron chi connectivity index (χ3n) is 6.69. The Labute approximate surface area is 148 Å². The second-order valence-electron chi connectivity index (χ2n) is 7.89. The Morgan fingerprint density at radius 3 is 2.80 bits per heavy atom. The molecule has 2 aliphatic carbocycles. The van der Waals surface area contributed by atoms with Crippen molar-refractivity contribution in [3.63, 3.8) is 0 Å². The fourth-order valence-electron chi connectivity index (χ4n) is 5.45. The molecule has 0 saturated heterocycles. The highest BCUT2D eigenvalue weighted by Crippen LogP contribution is 2.57. The maximum Gasteiger partial charge on any atom is 0.302 e. The van der Waals surface area contributed by atoms with E-state index in [1.807, 2.05) is 18.2 Å². The van der Waals surface area contributed by atoms with Gasteiger partial charge < -0.3 is 14.8 Å². The first-order valence-electron chi connectivity index (χ1n) is 9.10. The van der Waals surface area contributed by atoms with Crippen molar-refractivity contribution < 1.29 is 19.1 Å². The molecule has 5 nitrogen and oxygen atoms in total. The van der Waals surface area contributed by atoms with Crippen molar-refractivity contribution in [3.05, 3.63) is 29.3 Å². The van der Waals surface area contributed by atoms with Gasteiger partial charge in [-0.3, -0.25) is 9.59 Å². The zero-order valence-electron chi connectivity index (χ0n) is 15.0. The number of benzene rings is 1. The average Bonchev–Trinajstić information content (AvgIpc) is 2.91. The predicted molar refractivity (Wildman–Crippen MR) is 92.6 cm³/mol. The van der Waals surface area contributed by atoms with Crippen LogP contribution in [0.15, 0.2) is 18.2 Å². The molecule has 1 N–H and O–H groups in total. The van der Waals surface area contributed by atoms with Gasteiger partial charge in [-0.25, -0.2) is 0 Å². The number of hydrogen-bond acceptors (Lipinski definition) is 4. The fraction of sp³-hybridized carbons (Fsp3) is 0.600. The normalized spacial score (nSPS) is 35.9. The summed E-state index contributed by atoms with van der Waals surface area (Å²) in [5.41, 5.74) is 1.82. The van der Waals surface area contributed by atoms with E-state index in [1.54, 1.807) is 7.11 Å². The molecule has 1 aromatic rings. The molecule has 3 aliphatic rings. The average molecular weight is 343 g/mol. The lowest BCUT2D eigenvalue weighted by atomic mass is 9.60. The van der Waals surface area contributed by atoms with Crippen molar-refractivity contribution in [2.24, 2.45) is 11.3 Å². The van der Waals surface area contributed by atoms with Gasteiger partial charge in [0.2, 0.25) is 0 Å². The first-order valence-corrected chi connectivity index (χ1v) is 9.10. The van der Waals surface area contributed by atoms with E-state index >= 15 is 0 Å². The zero-order chi connectivity index (χ0) is 17.8. The molecule has 2 saturated carbocycles. The van der Waals surface area contributed by atoms with Crippen LogP contribution in [0.25, 0.3) is 0 Å². The van der Waals surface area contributed by atoms with Crippen molar-refractivity contribution in [2.45, 2.75) is 57.6 Å². The van der Waals surface area contributed by atoms with E-state index in [1.165, 1.54) is 6.92 Å². The molecule has 25 heavy (non-hydrogen) atoms. The van der Waals surface area contributed by atoms with Gasteiger partial charge in [-0.2, -0.15) is 0 Å². The Balaban J connectivity index is 1.67. The predicted octanol–water partition coefficient (Wildman–Crippen LogP) is 3.03. The Morgan fingerprint density at radius 2 is 2.08 bits per heavy atom. The van der Waals surface area contributed by atoms with E-state index in [4.69, 9.17) is 9.47 Å². The highest BCUT2D eigenvalue weighted by atomic mass is 16.5. The first-order chi connectivity index (χ1) is 11.9. The van der Waals surface area contributed by atoms with Gasteiger partial charge in [-0.05, 0) is 49.3 Å². The van der Waals surface area contributed by atoms with Crippen LogP contribution in [0.3, 0.4) is 0 Å². The SMILES string of the molecule is COc1ccc2c(c1)C(=O)N[C@@H]1[C@@H]2CC[C@]2(C)[C@@H](OC(C)=O)CC[C@@H]12. The van der Waals surface area contributed by atoms with Gasteiger partial charge in [0, 0.05) is 29.9 Å². The van der Waals surface area contributed by atoms with Crippen LogP contribution in [0.5, 0.6) is 5.75 Å². The summed E-state index contributed by atoms with van der Waals surface area (Å²) in [5, 5.41) is 3.26. The molecule has 1 amide bonds. The number of rotatable bonds is 2. The topological polar surface area (TPSA) is 64.6 Å². The minimum Gasteiger partial charge on any atom is -0.497 e. The summed E-state index contributed by atoms with van der Waals surface area (Å²) in [6, 6.07) is 5.95. The van der Waals surface area contributed by atoms with Crippen molar-refractivity contribution in [1.82, 2.24) is 5.32 Å². The van der Waals surface area contributed by atoms with Crippen LogP contribution >= 0.6 is 0 Å². The lowest BCUT2D eigenvalue weighted by Crippen LogP contribution is -2.56. The number of hydrogen-bond donors (Lipinski definition) is 1. The third-order valence-corrected chi connectivity index (χ3v) is 6.69. The van der Waals surface area contributed by atoms with E-state index in [0.717, 1.165) is 36.8 Å². The minimum atomic E-state index is -0.209. The molecule has 0 unspecified atom stereocenters. The van der Waals surface area contributed by atoms with E-state index in [0.29, 0.717) is 17.6 Å². The second-order valence-corrected chi connectivity index (χ2v) is 7.89. The Kier molecular flexibility index (Phi) is 3.78. The molecule has 2 fully saturated rings. The molecule has 4 rings (SSSR count). The highest BCUT2D eigenvalue weighted by molar-refractivity contribution is 5.98. The van der Waals surface area contributed by atoms with Crippen LogP contribution < -0.4 is 10.1 Å². The lowest BCUT2D eigenvalue weighted by molar-refractivity contribution is -0.154. The van der Waals surface area contributed by atoms with Gasteiger partial charge in [-0.1, -0.05) is 13.0 Å². The first kappa shape index (κ1) is 16.4. The van der Waals surface area contributed by atoms with Crippen LogP contribution in [-0.4, -0.2) is 31.1 Å². The number of nitrogens with one attached hydrogen (secondary N) is 1. The summed E-state index contributed by atoms with van der Waals surface area (Å²) in [6.45, 7) is 3.71. The molecule has 5 heteroatoms. The Hall–Kier alpha value is -2.04. The number of ether oxygens (including phenoxy) is 2. The highest BCUT2D eigenvalue weighted by Gasteiger charge is 2.57. The molecule has 1 aromatic carbocycles. The van der Waals surface area contributed by atoms with Crippen LogP contribution in [0.1, 0.15) is 61.4 Å². The van der Waals surface area contributed by atoms with Crippen LogP contribution in [0, 0.1) is 11.3 Å². The van der Waals surface area contributed by atoms with Crippen molar-refractivity contribution in [1.29, 1.82) is 0 Å². The second kappa shape index (κ2) is 5.75. The largest absolute Gasteiger partial charge is 0.497 e. The minimum absolute atomic E-state index is 0.0182.